The van der Waals surface area contributed by atoms with Gasteiger partial charge >= 0.3 is 0 Å². The van der Waals surface area contributed by atoms with E-state index >= 15 is 0 Å². The molecule has 4 rings (SSSR count). The summed E-state index contributed by atoms with van der Waals surface area (Å²) in [6, 6.07) is 7.91. The second-order valence-corrected chi connectivity index (χ2v) is 7.64. The quantitative estimate of drug-likeness (QED) is 0.434. The SMILES string of the molecule is COc1cc2c(Nc3ccc(Cl)cc3F)ncnc2cc1OCc1csc(C)n1. The molecule has 0 spiro atoms. The fourth-order valence-corrected chi connectivity index (χ4v) is 3.54. The maximum absolute atomic E-state index is 14.2. The van der Waals surface area contributed by atoms with Crippen molar-refractivity contribution < 1.29 is 13.9 Å². The minimum Gasteiger partial charge on any atom is -0.493 e. The molecular weight excluding hydrogens is 415 g/mol. The van der Waals surface area contributed by atoms with Gasteiger partial charge in [0.15, 0.2) is 11.5 Å². The summed E-state index contributed by atoms with van der Waals surface area (Å²) in [5.74, 6) is 1.01. The molecule has 29 heavy (non-hydrogen) atoms. The van der Waals surface area contributed by atoms with Crippen molar-refractivity contribution in [3.05, 3.63) is 63.6 Å². The molecule has 0 unspecified atom stereocenters. The molecule has 0 bridgehead atoms. The van der Waals surface area contributed by atoms with Crippen molar-refractivity contribution in [1.29, 1.82) is 0 Å². The highest BCUT2D eigenvalue weighted by molar-refractivity contribution is 7.09. The number of benzene rings is 2. The van der Waals surface area contributed by atoms with E-state index in [0.29, 0.717) is 39.8 Å². The van der Waals surface area contributed by atoms with Crippen LogP contribution >= 0.6 is 22.9 Å². The summed E-state index contributed by atoms with van der Waals surface area (Å²) in [6.45, 7) is 2.26. The monoisotopic (exact) mass is 430 g/mol. The average molecular weight is 431 g/mol. The van der Waals surface area contributed by atoms with Crippen LogP contribution in [0.25, 0.3) is 10.9 Å². The summed E-state index contributed by atoms with van der Waals surface area (Å²) >= 11 is 7.39. The number of aryl methyl sites for hydroxylation is 1. The predicted octanol–water partition coefficient (Wildman–Crippen LogP) is 5.52. The Morgan fingerprint density at radius 2 is 2.03 bits per heavy atom. The Balaban J connectivity index is 1.67. The summed E-state index contributed by atoms with van der Waals surface area (Å²) in [5.41, 5.74) is 1.73. The smallest absolute Gasteiger partial charge is 0.163 e. The molecule has 9 heteroatoms. The van der Waals surface area contributed by atoms with Gasteiger partial charge in [0.25, 0.3) is 0 Å². The van der Waals surface area contributed by atoms with Crippen molar-refractivity contribution in [2.75, 3.05) is 12.4 Å². The number of methoxy groups -OCH3 is 1. The number of nitrogens with one attached hydrogen (secondary N) is 1. The molecule has 0 saturated heterocycles. The van der Waals surface area contributed by atoms with Gasteiger partial charge in [0.2, 0.25) is 0 Å². The molecule has 2 heterocycles. The number of anilines is 2. The highest BCUT2D eigenvalue weighted by Crippen LogP contribution is 2.35. The zero-order valence-electron chi connectivity index (χ0n) is 15.6. The molecule has 0 aliphatic rings. The van der Waals surface area contributed by atoms with Gasteiger partial charge in [-0.2, -0.15) is 0 Å². The number of thiazole rings is 1. The van der Waals surface area contributed by atoms with Gasteiger partial charge in [-0.25, -0.2) is 19.3 Å². The molecule has 6 nitrogen and oxygen atoms in total. The van der Waals surface area contributed by atoms with Crippen molar-refractivity contribution >= 4 is 45.3 Å². The molecular formula is C20H16ClFN4O2S. The van der Waals surface area contributed by atoms with Crippen LogP contribution in [0.5, 0.6) is 11.5 Å². The molecule has 0 saturated carbocycles. The van der Waals surface area contributed by atoms with Crippen molar-refractivity contribution in [2.24, 2.45) is 0 Å². The lowest BCUT2D eigenvalue weighted by Gasteiger charge is -2.13. The van der Waals surface area contributed by atoms with Crippen molar-refractivity contribution in [1.82, 2.24) is 15.0 Å². The van der Waals surface area contributed by atoms with Crippen LogP contribution in [0.15, 0.2) is 42.0 Å². The van der Waals surface area contributed by atoms with Gasteiger partial charge in [-0.1, -0.05) is 11.6 Å². The third kappa shape index (κ3) is 4.23. The third-order valence-electron chi connectivity index (χ3n) is 4.15. The number of nitrogens with zero attached hydrogens (tertiary/aromatic N) is 3. The van der Waals surface area contributed by atoms with Gasteiger partial charge in [-0.05, 0) is 31.2 Å². The van der Waals surface area contributed by atoms with Crippen LogP contribution in [-0.4, -0.2) is 22.1 Å². The van der Waals surface area contributed by atoms with Gasteiger partial charge in [0.05, 0.1) is 29.0 Å². The molecule has 4 aromatic rings. The largest absolute Gasteiger partial charge is 0.493 e. The first kappa shape index (κ1) is 19.4. The minimum atomic E-state index is -0.477. The van der Waals surface area contributed by atoms with Crippen LogP contribution in [-0.2, 0) is 6.61 Å². The molecule has 0 radical (unpaired) electrons. The molecule has 148 valence electrons. The number of halogens is 2. The Bertz CT molecular complexity index is 1180. The van der Waals surface area contributed by atoms with E-state index in [1.807, 2.05) is 12.3 Å². The number of fused-ring (bicyclic) bond motifs is 1. The fourth-order valence-electron chi connectivity index (χ4n) is 2.78. The molecule has 2 aromatic carbocycles. The van der Waals surface area contributed by atoms with Gasteiger partial charge < -0.3 is 14.8 Å². The lowest BCUT2D eigenvalue weighted by molar-refractivity contribution is 0.282. The van der Waals surface area contributed by atoms with Gasteiger partial charge in [0.1, 0.15) is 24.6 Å². The van der Waals surface area contributed by atoms with Gasteiger partial charge in [-0.15, -0.1) is 11.3 Å². The van der Waals surface area contributed by atoms with E-state index in [1.165, 1.54) is 12.4 Å². The molecule has 0 fully saturated rings. The zero-order chi connectivity index (χ0) is 20.4. The Labute approximate surface area is 175 Å². The van der Waals surface area contributed by atoms with Crippen molar-refractivity contribution in [3.63, 3.8) is 0 Å². The average Bonchev–Trinajstić information content (AvgIpc) is 3.13. The Hall–Kier alpha value is -2.97. The van der Waals surface area contributed by atoms with Crippen LogP contribution in [0, 0.1) is 12.7 Å². The van der Waals surface area contributed by atoms with Crippen molar-refractivity contribution in [3.8, 4) is 11.5 Å². The van der Waals surface area contributed by atoms with Crippen LogP contribution in [0.1, 0.15) is 10.7 Å². The maximum atomic E-state index is 14.2. The first-order valence-corrected chi connectivity index (χ1v) is 9.88. The van der Waals surface area contributed by atoms with Crippen molar-refractivity contribution in [2.45, 2.75) is 13.5 Å². The highest BCUT2D eigenvalue weighted by Gasteiger charge is 2.14. The summed E-state index contributed by atoms with van der Waals surface area (Å²) in [5, 5.41) is 6.90. The van der Waals surface area contributed by atoms with Crippen LogP contribution in [0.4, 0.5) is 15.9 Å². The summed E-state index contributed by atoms with van der Waals surface area (Å²) in [4.78, 5) is 12.9. The Morgan fingerprint density at radius 3 is 2.76 bits per heavy atom. The lowest BCUT2D eigenvalue weighted by Crippen LogP contribution is -2.01. The Kier molecular flexibility index (Phi) is 5.46. The molecule has 0 atom stereocenters. The third-order valence-corrected chi connectivity index (χ3v) is 5.20. The molecule has 0 aliphatic carbocycles. The zero-order valence-corrected chi connectivity index (χ0v) is 17.1. The highest BCUT2D eigenvalue weighted by atomic mass is 35.5. The van der Waals surface area contributed by atoms with E-state index < -0.39 is 5.82 Å². The van der Waals surface area contributed by atoms with Gasteiger partial charge in [0, 0.05) is 21.9 Å². The second-order valence-electron chi connectivity index (χ2n) is 6.14. The lowest BCUT2D eigenvalue weighted by atomic mass is 10.2. The van der Waals surface area contributed by atoms with Crippen LogP contribution in [0.2, 0.25) is 5.02 Å². The van der Waals surface area contributed by atoms with E-state index in [-0.39, 0.29) is 5.69 Å². The summed E-state index contributed by atoms with van der Waals surface area (Å²) in [7, 11) is 1.55. The van der Waals surface area contributed by atoms with Gasteiger partial charge in [-0.3, -0.25) is 0 Å². The number of rotatable bonds is 6. The number of ether oxygens (including phenoxy) is 2. The first-order valence-electron chi connectivity index (χ1n) is 8.62. The molecule has 1 N–H and O–H groups in total. The van der Waals surface area contributed by atoms with E-state index in [4.69, 9.17) is 21.1 Å². The molecule has 0 aliphatic heterocycles. The number of aromatic nitrogens is 3. The van der Waals surface area contributed by atoms with Crippen LogP contribution < -0.4 is 14.8 Å². The number of hydrogen-bond donors (Lipinski definition) is 1. The normalized spacial score (nSPS) is 10.9. The summed E-state index contributed by atoms with van der Waals surface area (Å²) < 4.78 is 25.5. The predicted molar refractivity (Wildman–Crippen MR) is 112 cm³/mol. The Morgan fingerprint density at radius 1 is 1.17 bits per heavy atom. The van der Waals surface area contributed by atoms with Crippen LogP contribution in [0.3, 0.4) is 0 Å². The standard InChI is InChI=1S/C20H16ClFN4O2S/c1-11-25-13(9-29-11)8-28-19-7-17-14(6-18(19)27-2)20(24-10-23-17)26-16-4-3-12(21)5-15(16)22/h3-7,9-10H,8H2,1-2H3,(H,23,24,26). The van der Waals surface area contributed by atoms with E-state index in [9.17, 15) is 4.39 Å². The second kappa shape index (κ2) is 8.18. The topological polar surface area (TPSA) is 69.2 Å². The van der Waals surface area contributed by atoms with E-state index in [1.54, 1.807) is 42.7 Å². The van der Waals surface area contributed by atoms with E-state index in [0.717, 1.165) is 10.7 Å². The molecule has 2 aromatic heterocycles. The number of hydrogen-bond acceptors (Lipinski definition) is 7. The summed E-state index contributed by atoms with van der Waals surface area (Å²) in [6.07, 6.45) is 1.40. The fraction of sp³-hybridized carbons (Fsp3) is 0.150. The minimum absolute atomic E-state index is 0.257. The first-order chi connectivity index (χ1) is 14.0. The maximum Gasteiger partial charge on any atom is 0.163 e. The molecule has 0 amide bonds. The van der Waals surface area contributed by atoms with E-state index in [2.05, 4.69) is 20.3 Å².